The van der Waals surface area contributed by atoms with E-state index in [0.29, 0.717) is 11.7 Å². The van der Waals surface area contributed by atoms with Crippen molar-refractivity contribution in [2.24, 2.45) is 5.92 Å². The molecule has 23 heavy (non-hydrogen) atoms. The minimum atomic E-state index is 0.547. The van der Waals surface area contributed by atoms with Crippen LogP contribution in [-0.4, -0.2) is 41.8 Å². The third-order valence-electron chi connectivity index (χ3n) is 4.16. The molecule has 0 aliphatic carbocycles. The number of rotatable bonds is 5. The fraction of sp³-hybridized carbons (Fsp3) is 0.471. The van der Waals surface area contributed by atoms with Gasteiger partial charge >= 0.3 is 0 Å². The van der Waals surface area contributed by atoms with Gasteiger partial charge in [0.2, 0.25) is 11.8 Å². The van der Waals surface area contributed by atoms with Crippen LogP contribution >= 0.6 is 0 Å². The first-order valence-corrected chi connectivity index (χ1v) is 7.91. The number of hydrogen-bond donors (Lipinski definition) is 0. The second-order valence-electron chi connectivity index (χ2n) is 5.79. The van der Waals surface area contributed by atoms with Crippen LogP contribution in [0.4, 0.5) is 5.95 Å². The maximum absolute atomic E-state index is 5.87. The first kappa shape index (κ1) is 15.5. The number of aromatic nitrogens is 3. The minimum Gasteiger partial charge on any atom is -0.494 e. The standard InChI is InChI=1S/C17H22N4O2/c1-13-4-3-7-18-16(13)23-12-14-5-8-21(9-6-14)17-19-10-15(22-2)11-20-17/h3-4,7,10-11,14H,5-6,8-9,12H2,1-2H3. The van der Waals surface area contributed by atoms with E-state index in [-0.39, 0.29) is 0 Å². The average Bonchev–Trinajstić information content (AvgIpc) is 2.62. The van der Waals surface area contributed by atoms with Crippen LogP contribution in [0.15, 0.2) is 30.7 Å². The molecule has 0 saturated carbocycles. The molecule has 6 nitrogen and oxygen atoms in total. The molecule has 0 N–H and O–H groups in total. The van der Waals surface area contributed by atoms with Gasteiger partial charge < -0.3 is 14.4 Å². The number of nitrogens with zero attached hydrogens (tertiary/aromatic N) is 4. The summed E-state index contributed by atoms with van der Waals surface area (Å²) in [5, 5.41) is 0. The SMILES string of the molecule is COc1cnc(N2CCC(COc3ncccc3C)CC2)nc1. The highest BCUT2D eigenvalue weighted by Gasteiger charge is 2.21. The highest BCUT2D eigenvalue weighted by molar-refractivity contribution is 5.32. The molecule has 0 aromatic carbocycles. The van der Waals surface area contributed by atoms with Crippen molar-refractivity contribution in [2.45, 2.75) is 19.8 Å². The molecule has 3 rings (SSSR count). The Morgan fingerprint density at radius 2 is 1.91 bits per heavy atom. The zero-order valence-corrected chi connectivity index (χ0v) is 13.6. The molecule has 2 aromatic rings. The lowest BCUT2D eigenvalue weighted by atomic mass is 9.98. The van der Waals surface area contributed by atoms with Gasteiger partial charge in [0.05, 0.1) is 26.1 Å². The second-order valence-corrected chi connectivity index (χ2v) is 5.79. The van der Waals surface area contributed by atoms with Gasteiger partial charge in [0, 0.05) is 24.8 Å². The Hall–Kier alpha value is -2.37. The number of methoxy groups -OCH3 is 1. The number of aryl methyl sites for hydroxylation is 1. The largest absolute Gasteiger partial charge is 0.494 e. The molecule has 1 fully saturated rings. The summed E-state index contributed by atoms with van der Waals surface area (Å²) in [4.78, 5) is 15.2. The molecule has 1 aliphatic rings. The Labute approximate surface area is 136 Å². The molecule has 3 heterocycles. The number of piperidine rings is 1. The van der Waals surface area contributed by atoms with Crippen LogP contribution in [0.2, 0.25) is 0 Å². The third kappa shape index (κ3) is 3.88. The summed E-state index contributed by atoms with van der Waals surface area (Å²) < 4.78 is 11.0. The predicted molar refractivity (Wildman–Crippen MR) is 88.0 cm³/mol. The maximum Gasteiger partial charge on any atom is 0.225 e. The molecule has 1 saturated heterocycles. The van der Waals surface area contributed by atoms with Crippen LogP contribution in [0.1, 0.15) is 18.4 Å². The third-order valence-corrected chi connectivity index (χ3v) is 4.16. The molecule has 0 spiro atoms. The molecule has 0 amide bonds. The van der Waals surface area contributed by atoms with Crippen molar-refractivity contribution in [1.82, 2.24) is 15.0 Å². The molecule has 6 heteroatoms. The van der Waals surface area contributed by atoms with E-state index in [1.165, 1.54) is 0 Å². The average molecular weight is 314 g/mol. The van der Waals surface area contributed by atoms with E-state index >= 15 is 0 Å². The topological polar surface area (TPSA) is 60.4 Å². The number of hydrogen-bond acceptors (Lipinski definition) is 6. The lowest BCUT2D eigenvalue weighted by Gasteiger charge is -2.31. The van der Waals surface area contributed by atoms with E-state index in [4.69, 9.17) is 9.47 Å². The molecule has 0 radical (unpaired) electrons. The van der Waals surface area contributed by atoms with E-state index < -0.39 is 0 Å². The Bertz CT molecular complexity index is 625. The fourth-order valence-electron chi connectivity index (χ4n) is 2.70. The van der Waals surface area contributed by atoms with Gasteiger partial charge in [-0.1, -0.05) is 6.07 Å². The van der Waals surface area contributed by atoms with Crippen LogP contribution < -0.4 is 14.4 Å². The van der Waals surface area contributed by atoms with Crippen LogP contribution in [0.25, 0.3) is 0 Å². The zero-order valence-electron chi connectivity index (χ0n) is 13.6. The van der Waals surface area contributed by atoms with Crippen LogP contribution in [0, 0.1) is 12.8 Å². The summed E-state index contributed by atoms with van der Waals surface area (Å²) in [5.41, 5.74) is 1.08. The number of pyridine rings is 1. The van der Waals surface area contributed by atoms with Crippen molar-refractivity contribution in [3.8, 4) is 11.6 Å². The van der Waals surface area contributed by atoms with Crippen molar-refractivity contribution in [1.29, 1.82) is 0 Å². The maximum atomic E-state index is 5.87. The van der Waals surface area contributed by atoms with E-state index in [0.717, 1.165) is 49.9 Å². The Morgan fingerprint density at radius 1 is 1.17 bits per heavy atom. The van der Waals surface area contributed by atoms with Crippen molar-refractivity contribution in [2.75, 3.05) is 31.7 Å². The Balaban J connectivity index is 1.49. The van der Waals surface area contributed by atoms with Crippen molar-refractivity contribution >= 4 is 5.95 Å². The van der Waals surface area contributed by atoms with Gasteiger partial charge in [-0.25, -0.2) is 15.0 Å². The molecule has 0 atom stereocenters. The summed E-state index contributed by atoms with van der Waals surface area (Å²) in [6.07, 6.45) is 7.33. The van der Waals surface area contributed by atoms with Crippen LogP contribution in [0.3, 0.4) is 0 Å². The molecule has 0 unspecified atom stereocenters. The van der Waals surface area contributed by atoms with Gasteiger partial charge in [0.15, 0.2) is 5.75 Å². The first-order valence-electron chi connectivity index (χ1n) is 7.91. The summed E-state index contributed by atoms with van der Waals surface area (Å²) in [6.45, 7) is 4.63. The van der Waals surface area contributed by atoms with E-state index in [2.05, 4.69) is 19.9 Å². The predicted octanol–water partition coefficient (Wildman–Crippen LogP) is 2.48. The molecule has 2 aromatic heterocycles. The molecule has 1 aliphatic heterocycles. The number of ether oxygens (including phenoxy) is 2. The fourth-order valence-corrected chi connectivity index (χ4v) is 2.70. The van der Waals surface area contributed by atoms with Crippen LogP contribution in [0.5, 0.6) is 11.6 Å². The lowest BCUT2D eigenvalue weighted by Crippen LogP contribution is -2.36. The molecule has 122 valence electrons. The number of anilines is 1. The Morgan fingerprint density at radius 3 is 2.57 bits per heavy atom. The van der Waals surface area contributed by atoms with Gasteiger partial charge in [-0.2, -0.15) is 0 Å². The molecular weight excluding hydrogens is 292 g/mol. The summed E-state index contributed by atoms with van der Waals surface area (Å²) in [6, 6.07) is 3.95. The van der Waals surface area contributed by atoms with Crippen molar-refractivity contribution < 1.29 is 9.47 Å². The summed E-state index contributed by atoms with van der Waals surface area (Å²) in [5.74, 6) is 2.74. The highest BCUT2D eigenvalue weighted by atomic mass is 16.5. The molecule has 0 bridgehead atoms. The van der Waals surface area contributed by atoms with E-state index in [1.807, 2.05) is 19.1 Å². The minimum absolute atomic E-state index is 0.547. The Kier molecular flexibility index (Phi) is 4.90. The smallest absolute Gasteiger partial charge is 0.225 e. The zero-order chi connectivity index (χ0) is 16.1. The van der Waals surface area contributed by atoms with Crippen molar-refractivity contribution in [3.63, 3.8) is 0 Å². The van der Waals surface area contributed by atoms with Crippen molar-refractivity contribution in [3.05, 3.63) is 36.3 Å². The monoisotopic (exact) mass is 314 g/mol. The summed E-state index contributed by atoms with van der Waals surface area (Å²) in [7, 11) is 1.62. The first-order chi connectivity index (χ1) is 11.3. The van der Waals surface area contributed by atoms with E-state index in [9.17, 15) is 0 Å². The van der Waals surface area contributed by atoms with Gasteiger partial charge in [-0.3, -0.25) is 0 Å². The van der Waals surface area contributed by atoms with Crippen LogP contribution in [-0.2, 0) is 0 Å². The quantitative estimate of drug-likeness (QED) is 0.845. The van der Waals surface area contributed by atoms with Gasteiger partial charge in [-0.15, -0.1) is 0 Å². The van der Waals surface area contributed by atoms with Gasteiger partial charge in [0.1, 0.15) is 0 Å². The van der Waals surface area contributed by atoms with Gasteiger partial charge in [-0.05, 0) is 31.7 Å². The van der Waals surface area contributed by atoms with Gasteiger partial charge in [0.25, 0.3) is 0 Å². The summed E-state index contributed by atoms with van der Waals surface area (Å²) >= 11 is 0. The lowest BCUT2D eigenvalue weighted by molar-refractivity contribution is 0.214. The molecular formula is C17H22N4O2. The highest BCUT2D eigenvalue weighted by Crippen LogP contribution is 2.22. The van der Waals surface area contributed by atoms with E-state index in [1.54, 1.807) is 25.7 Å². The second kappa shape index (κ2) is 7.26. The normalized spacial score (nSPS) is 15.5.